The molecule has 1 fully saturated rings. The molecule has 1 aromatic heterocycles. The molecule has 18 heteroatoms. The van der Waals surface area contributed by atoms with Crippen LogP contribution in [0.15, 0.2) is 47.4 Å². The van der Waals surface area contributed by atoms with E-state index in [0.29, 0.717) is 0 Å². The normalized spacial score (nSPS) is 23.4. The van der Waals surface area contributed by atoms with Crippen molar-refractivity contribution in [2.75, 3.05) is 25.5 Å². The maximum absolute atomic E-state index is 13.7. The number of aliphatic hydroxyl groups is 2. The van der Waals surface area contributed by atoms with Crippen LogP contribution in [-0.2, 0) is 37.7 Å². The van der Waals surface area contributed by atoms with Crippen molar-refractivity contribution < 1.29 is 57.2 Å². The average molecular weight is 645 g/mol. The van der Waals surface area contributed by atoms with Crippen molar-refractivity contribution in [2.45, 2.75) is 70.8 Å². The van der Waals surface area contributed by atoms with Crippen LogP contribution in [0.25, 0.3) is 0 Å². The Morgan fingerprint density at radius 3 is 2.52 bits per heavy atom. The van der Waals surface area contributed by atoms with Crippen LogP contribution in [0.5, 0.6) is 5.75 Å². The van der Waals surface area contributed by atoms with Crippen LogP contribution in [0.2, 0.25) is 0 Å². The Kier molecular flexibility index (Phi) is 12.2. The first kappa shape index (κ1) is 34.9. The first-order valence-corrected chi connectivity index (χ1v) is 15.1. The van der Waals surface area contributed by atoms with Crippen molar-refractivity contribution in [1.29, 1.82) is 0 Å². The zero-order chi connectivity index (χ0) is 32.5. The lowest BCUT2D eigenvalue weighted by molar-refractivity contribution is -0.144. The fourth-order valence-electron chi connectivity index (χ4n) is 3.87. The van der Waals surface area contributed by atoms with E-state index in [1.54, 1.807) is 39.0 Å². The van der Waals surface area contributed by atoms with Crippen LogP contribution in [0, 0.1) is 0 Å². The van der Waals surface area contributed by atoms with Crippen LogP contribution >= 0.6 is 7.75 Å². The van der Waals surface area contributed by atoms with Gasteiger partial charge in [0, 0.05) is 6.20 Å². The number of hydrogen-bond donors (Lipinski definition) is 4. The summed E-state index contributed by atoms with van der Waals surface area (Å²) >= 11 is 0. The second-order valence-electron chi connectivity index (χ2n) is 9.93. The molecule has 0 amide bonds. The van der Waals surface area contributed by atoms with Gasteiger partial charge in [-0.2, -0.15) is 10.1 Å². The number of carbonyl (C=O) groups excluding carboxylic acids is 2. The van der Waals surface area contributed by atoms with Crippen molar-refractivity contribution in [3.63, 3.8) is 0 Å². The molecule has 4 N–H and O–H groups in total. The van der Waals surface area contributed by atoms with Gasteiger partial charge in [-0.3, -0.25) is 13.9 Å². The Bertz CT molecular complexity index is 1360. The second-order valence-corrected chi connectivity index (χ2v) is 11.6. The Morgan fingerprint density at radius 1 is 1.18 bits per heavy atom. The predicted octanol–water partition coefficient (Wildman–Crippen LogP) is 1.86. The van der Waals surface area contributed by atoms with Gasteiger partial charge in [0.15, 0.2) is 12.0 Å². The molecule has 1 unspecified atom stereocenters. The lowest BCUT2D eigenvalue weighted by atomic mass is 9.96. The van der Waals surface area contributed by atoms with Crippen molar-refractivity contribution in [1.82, 2.24) is 14.6 Å². The summed E-state index contributed by atoms with van der Waals surface area (Å²) in [6.07, 6.45) is -4.50. The van der Waals surface area contributed by atoms with E-state index in [0.717, 1.165) is 4.57 Å². The number of ether oxygens (including phenoxy) is 4. The van der Waals surface area contributed by atoms with Gasteiger partial charge in [-0.25, -0.2) is 24.5 Å². The molecular weight excluding hydrogens is 607 g/mol. The van der Waals surface area contributed by atoms with E-state index in [1.807, 2.05) is 0 Å². The van der Waals surface area contributed by atoms with Gasteiger partial charge in [0.2, 0.25) is 6.79 Å². The monoisotopic (exact) mass is 644 g/mol. The highest BCUT2D eigenvalue weighted by Crippen LogP contribution is 2.46. The topological polar surface area (TPSA) is 215 Å². The summed E-state index contributed by atoms with van der Waals surface area (Å²) in [5.74, 6) is -0.607. The molecule has 0 saturated carbocycles. The third kappa shape index (κ3) is 9.46. The van der Waals surface area contributed by atoms with E-state index in [2.05, 4.69) is 20.3 Å². The summed E-state index contributed by atoms with van der Waals surface area (Å²) < 4.78 is 45.9. The largest absolute Gasteiger partial charge is 0.510 e. The first-order chi connectivity index (χ1) is 20.8. The summed E-state index contributed by atoms with van der Waals surface area (Å²) in [7, 11) is -4.30. The number of carbonyl (C=O) groups is 2. The number of nitrogens with one attached hydrogen (secondary N) is 2. The van der Waals surface area contributed by atoms with Gasteiger partial charge in [-0.1, -0.05) is 18.2 Å². The number of para-hydroxylation sites is 1. The minimum Gasteiger partial charge on any atom is -0.465 e. The van der Waals surface area contributed by atoms with Gasteiger partial charge in [0.25, 0.3) is 0 Å². The molecule has 1 saturated heterocycles. The molecule has 0 spiro atoms. The molecule has 244 valence electrons. The molecule has 1 aliphatic heterocycles. The smallest absolute Gasteiger partial charge is 0.465 e. The molecule has 0 bridgehead atoms. The number of rotatable bonds is 15. The highest BCUT2D eigenvalue weighted by Gasteiger charge is 2.54. The minimum atomic E-state index is -4.30. The first-order valence-electron chi connectivity index (χ1n) is 13.6. The Labute approximate surface area is 252 Å². The molecular formula is C26H37N4O13P. The molecule has 0 radical (unpaired) electrons. The lowest BCUT2D eigenvalue weighted by Gasteiger charge is -2.27. The predicted molar refractivity (Wildman–Crippen MR) is 151 cm³/mol. The molecule has 1 aliphatic rings. The molecule has 0 aliphatic carbocycles. The third-order valence-corrected chi connectivity index (χ3v) is 7.59. The fourth-order valence-corrected chi connectivity index (χ4v) is 5.37. The van der Waals surface area contributed by atoms with Crippen LogP contribution in [0.4, 0.5) is 10.6 Å². The number of nitrogens with zero attached hydrogens (tertiary/aromatic N) is 2. The van der Waals surface area contributed by atoms with E-state index in [-0.39, 0.29) is 24.3 Å². The van der Waals surface area contributed by atoms with Crippen molar-refractivity contribution >= 4 is 25.7 Å². The summed E-state index contributed by atoms with van der Waals surface area (Å²) in [5, 5.41) is 24.4. The lowest BCUT2D eigenvalue weighted by Crippen LogP contribution is -2.46. The molecule has 1 aromatic carbocycles. The minimum absolute atomic E-state index is 0.0639. The van der Waals surface area contributed by atoms with E-state index in [4.69, 9.17) is 28.1 Å². The number of hydrogen-bond acceptors (Lipinski definition) is 15. The molecule has 2 heterocycles. The van der Waals surface area contributed by atoms with Gasteiger partial charge in [-0.15, -0.1) is 0 Å². The van der Waals surface area contributed by atoms with Crippen LogP contribution < -0.4 is 20.8 Å². The van der Waals surface area contributed by atoms with E-state index < -0.39 is 69.0 Å². The Balaban J connectivity index is 1.68. The van der Waals surface area contributed by atoms with Crippen LogP contribution in [0.1, 0.15) is 40.8 Å². The number of esters is 1. The van der Waals surface area contributed by atoms with Gasteiger partial charge in [0.05, 0.1) is 19.3 Å². The van der Waals surface area contributed by atoms with Crippen molar-refractivity contribution in [3.05, 3.63) is 53.1 Å². The zero-order valence-electron chi connectivity index (χ0n) is 24.8. The maximum Gasteiger partial charge on any atom is 0.510 e. The van der Waals surface area contributed by atoms with Crippen molar-refractivity contribution in [3.8, 4) is 5.75 Å². The number of anilines is 1. The average Bonchev–Trinajstić information content (AvgIpc) is 3.18. The summed E-state index contributed by atoms with van der Waals surface area (Å²) in [6.45, 7) is 6.50. The van der Waals surface area contributed by atoms with E-state index in [1.165, 1.54) is 38.2 Å². The molecule has 44 heavy (non-hydrogen) atoms. The fraction of sp³-hybridized carbons (Fsp3) is 0.538. The number of aromatic nitrogens is 2. The van der Waals surface area contributed by atoms with E-state index in [9.17, 15) is 29.2 Å². The zero-order valence-corrected chi connectivity index (χ0v) is 25.7. The molecule has 6 atom stereocenters. The summed E-state index contributed by atoms with van der Waals surface area (Å²) in [4.78, 5) is 45.0. The summed E-state index contributed by atoms with van der Waals surface area (Å²) in [5.41, 5.74) is -0.615. The van der Waals surface area contributed by atoms with Gasteiger partial charge in [-0.05, 0) is 52.8 Å². The van der Waals surface area contributed by atoms with Gasteiger partial charge in [0.1, 0.15) is 29.6 Å². The second kappa shape index (κ2) is 15.4. The van der Waals surface area contributed by atoms with Gasteiger partial charge < -0.3 is 33.7 Å². The third-order valence-electron chi connectivity index (χ3n) is 5.95. The Hall–Kier alpha value is -3.57. The van der Waals surface area contributed by atoms with Crippen molar-refractivity contribution in [2.24, 2.45) is 0 Å². The van der Waals surface area contributed by atoms with Crippen LogP contribution in [0.3, 0.4) is 0 Å². The number of benzene rings is 1. The quantitative estimate of drug-likeness (QED) is 0.0715. The van der Waals surface area contributed by atoms with Crippen LogP contribution in [-0.4, -0.2) is 81.9 Å². The SMILES string of the molecule is CCOC(=O)[C@H](C)NP(=O)(OC[C@H]1O[C@@H](n2ccc(NOCOC(=O)OC(C)C)nc2=O)[C@](C)(O)[C@@H]1O)Oc1ccccc1. The molecule has 17 nitrogen and oxygen atoms in total. The van der Waals surface area contributed by atoms with E-state index >= 15 is 0 Å². The maximum atomic E-state index is 13.7. The summed E-state index contributed by atoms with van der Waals surface area (Å²) in [6, 6.07) is 8.22. The Morgan fingerprint density at radius 2 is 1.89 bits per heavy atom. The highest BCUT2D eigenvalue weighted by atomic mass is 31.2. The molecule has 3 rings (SSSR count). The molecule has 2 aromatic rings. The standard InChI is InChI=1S/C26H37N4O13P/c1-6-37-22(32)17(4)29-44(36,43-18-10-8-7-9-11-18)40-14-19-21(31)26(5,35)23(42-19)30-13-12-20(27-24(30)33)28-39-15-38-25(34)41-16(2)3/h7-13,16-17,19,21,23,31,35H,6,14-15H2,1-5H3,(H,29,36)(H,27,28,33)/t17-,19+,21+,23+,26+,44?/m0/s1. The number of aliphatic hydroxyl groups excluding tert-OH is 1. The van der Waals surface area contributed by atoms with Gasteiger partial charge >= 0.3 is 25.6 Å². The highest BCUT2D eigenvalue weighted by molar-refractivity contribution is 7.52.